The summed E-state index contributed by atoms with van der Waals surface area (Å²) in [5, 5.41) is 23.8. The number of nitrogens with two attached hydrogens (primary N) is 1. The van der Waals surface area contributed by atoms with E-state index in [0.717, 1.165) is 0 Å². The fraction of sp³-hybridized carbons (Fsp3) is 0.650. The fourth-order valence-electron chi connectivity index (χ4n) is 3.52. The zero-order chi connectivity index (χ0) is 24.0. The number of imidazole rings is 1. The normalized spacial score (nSPS) is 19.8. The number of aromatic nitrogens is 2. The first-order chi connectivity index (χ1) is 15.0. The van der Waals surface area contributed by atoms with Crippen molar-refractivity contribution in [2.24, 2.45) is 11.7 Å². The van der Waals surface area contributed by atoms with E-state index in [1.807, 2.05) is 13.8 Å². The molecule has 1 aliphatic rings. The molecule has 1 aromatic rings. The number of hydrogen-bond acceptors (Lipinski definition) is 7. The lowest BCUT2D eigenvalue weighted by Crippen LogP contribution is -2.58. The lowest BCUT2D eigenvalue weighted by atomic mass is 10.0. The smallest absolute Gasteiger partial charge is 0.328 e. The predicted molar refractivity (Wildman–Crippen MR) is 113 cm³/mol. The molecule has 3 amide bonds. The molecule has 7 N–H and O–H groups in total. The minimum atomic E-state index is -1.54. The van der Waals surface area contributed by atoms with Crippen LogP contribution in [0.15, 0.2) is 12.5 Å². The maximum Gasteiger partial charge on any atom is 0.328 e. The number of carbonyl (C=O) groups is 4. The van der Waals surface area contributed by atoms with Crippen molar-refractivity contribution in [2.75, 3.05) is 6.54 Å². The molecule has 12 heteroatoms. The van der Waals surface area contributed by atoms with Crippen molar-refractivity contribution in [3.63, 3.8) is 0 Å². The summed E-state index contributed by atoms with van der Waals surface area (Å²) in [6.07, 6.45) is 2.59. The Morgan fingerprint density at radius 2 is 1.97 bits per heavy atom. The van der Waals surface area contributed by atoms with Crippen LogP contribution in [0.2, 0.25) is 0 Å². The number of amides is 3. The number of rotatable bonds is 10. The van der Waals surface area contributed by atoms with Crippen LogP contribution in [0.5, 0.6) is 0 Å². The Bertz CT molecular complexity index is 812. The molecule has 0 spiro atoms. The van der Waals surface area contributed by atoms with E-state index in [0.29, 0.717) is 25.1 Å². The fourth-order valence-corrected chi connectivity index (χ4v) is 3.52. The van der Waals surface area contributed by atoms with Crippen LogP contribution < -0.4 is 16.4 Å². The second-order valence-corrected chi connectivity index (χ2v) is 8.37. The van der Waals surface area contributed by atoms with Crippen LogP contribution in [-0.2, 0) is 25.6 Å². The van der Waals surface area contributed by atoms with Crippen molar-refractivity contribution in [3.8, 4) is 0 Å². The van der Waals surface area contributed by atoms with Gasteiger partial charge in [0.25, 0.3) is 0 Å². The van der Waals surface area contributed by atoms with Crippen LogP contribution in [0, 0.1) is 5.92 Å². The average Bonchev–Trinajstić information content (AvgIpc) is 3.41. The molecule has 0 aromatic carbocycles. The number of carboxylic acid groups (broad SMARTS) is 1. The summed E-state index contributed by atoms with van der Waals surface area (Å²) in [6.45, 7) is 5.26. The molecule has 1 aromatic heterocycles. The third kappa shape index (κ3) is 6.26. The number of carboxylic acids is 1. The van der Waals surface area contributed by atoms with Gasteiger partial charge in [0.2, 0.25) is 17.7 Å². The number of H-pyrrole nitrogens is 1. The number of carbonyl (C=O) groups excluding carboxylic acids is 3. The van der Waals surface area contributed by atoms with Gasteiger partial charge in [0.05, 0.1) is 18.5 Å². The van der Waals surface area contributed by atoms with Crippen LogP contribution in [0.3, 0.4) is 0 Å². The molecule has 178 valence electrons. The molecule has 5 unspecified atom stereocenters. The SMILES string of the molecule is CC(C)C(N)C(=O)N1CCCC1C(=O)NC(Cc1cnc[nH]1)C(=O)NC(C(=O)O)C(C)O. The Morgan fingerprint density at radius 3 is 2.50 bits per heavy atom. The summed E-state index contributed by atoms with van der Waals surface area (Å²) in [7, 11) is 0. The van der Waals surface area contributed by atoms with E-state index in [9.17, 15) is 29.4 Å². The van der Waals surface area contributed by atoms with Crippen molar-refractivity contribution in [1.29, 1.82) is 0 Å². The van der Waals surface area contributed by atoms with Gasteiger partial charge >= 0.3 is 5.97 Å². The molecule has 32 heavy (non-hydrogen) atoms. The predicted octanol–water partition coefficient (Wildman–Crippen LogP) is -1.64. The first kappa shape index (κ1) is 25.3. The molecule has 1 aliphatic heterocycles. The zero-order valence-corrected chi connectivity index (χ0v) is 18.4. The van der Waals surface area contributed by atoms with Gasteiger partial charge in [-0.05, 0) is 25.7 Å². The number of nitrogens with zero attached hydrogens (tertiary/aromatic N) is 2. The number of aliphatic hydroxyl groups is 1. The van der Waals surface area contributed by atoms with Crippen molar-refractivity contribution in [1.82, 2.24) is 25.5 Å². The Balaban J connectivity index is 2.17. The van der Waals surface area contributed by atoms with E-state index in [4.69, 9.17) is 5.73 Å². The van der Waals surface area contributed by atoms with Gasteiger partial charge in [-0.3, -0.25) is 14.4 Å². The van der Waals surface area contributed by atoms with Gasteiger partial charge in [0.15, 0.2) is 6.04 Å². The summed E-state index contributed by atoms with van der Waals surface area (Å²) in [6, 6.07) is -4.22. The van der Waals surface area contributed by atoms with E-state index in [-0.39, 0.29) is 18.2 Å². The van der Waals surface area contributed by atoms with Gasteiger partial charge in [0, 0.05) is 24.9 Å². The van der Waals surface area contributed by atoms with Gasteiger partial charge in [-0.15, -0.1) is 0 Å². The maximum absolute atomic E-state index is 13.0. The highest BCUT2D eigenvalue weighted by Crippen LogP contribution is 2.20. The topological polar surface area (TPSA) is 191 Å². The molecule has 1 fully saturated rings. The number of aromatic amines is 1. The Kier molecular flexibility index (Phi) is 8.72. The van der Waals surface area contributed by atoms with Crippen molar-refractivity contribution in [2.45, 2.75) is 70.3 Å². The van der Waals surface area contributed by atoms with Crippen LogP contribution in [0.25, 0.3) is 0 Å². The minimum Gasteiger partial charge on any atom is -0.480 e. The Hall–Kier alpha value is -2.99. The summed E-state index contributed by atoms with van der Waals surface area (Å²) in [5.74, 6) is -3.15. The summed E-state index contributed by atoms with van der Waals surface area (Å²) in [4.78, 5) is 58.0. The third-order valence-electron chi connectivity index (χ3n) is 5.50. The first-order valence-corrected chi connectivity index (χ1v) is 10.6. The number of nitrogens with one attached hydrogen (secondary N) is 3. The van der Waals surface area contributed by atoms with E-state index >= 15 is 0 Å². The van der Waals surface area contributed by atoms with E-state index < -0.39 is 48.1 Å². The Labute approximate surface area is 185 Å². The largest absolute Gasteiger partial charge is 0.480 e. The molecular weight excluding hydrogens is 420 g/mol. The third-order valence-corrected chi connectivity index (χ3v) is 5.50. The number of likely N-dealkylation sites (tertiary alicyclic amines) is 1. The molecular formula is C20H32N6O6. The van der Waals surface area contributed by atoms with Gasteiger partial charge in [0.1, 0.15) is 12.1 Å². The van der Waals surface area contributed by atoms with Crippen LogP contribution in [-0.4, -0.2) is 85.6 Å². The van der Waals surface area contributed by atoms with Gasteiger partial charge in [-0.2, -0.15) is 0 Å². The highest BCUT2D eigenvalue weighted by Gasteiger charge is 2.38. The van der Waals surface area contributed by atoms with E-state index in [1.54, 1.807) is 0 Å². The second-order valence-electron chi connectivity index (χ2n) is 8.37. The number of aliphatic carboxylic acids is 1. The first-order valence-electron chi connectivity index (χ1n) is 10.6. The Morgan fingerprint density at radius 1 is 1.28 bits per heavy atom. The van der Waals surface area contributed by atoms with Gasteiger partial charge < -0.3 is 36.5 Å². The maximum atomic E-state index is 13.0. The molecule has 5 atom stereocenters. The number of hydrogen-bond donors (Lipinski definition) is 6. The highest BCUT2D eigenvalue weighted by atomic mass is 16.4. The quantitative estimate of drug-likeness (QED) is 0.243. The monoisotopic (exact) mass is 452 g/mol. The minimum absolute atomic E-state index is 0.00982. The van der Waals surface area contributed by atoms with Crippen molar-refractivity contribution in [3.05, 3.63) is 18.2 Å². The van der Waals surface area contributed by atoms with Crippen molar-refractivity contribution < 1.29 is 29.4 Å². The molecule has 0 radical (unpaired) electrons. The summed E-state index contributed by atoms with van der Waals surface area (Å²) >= 11 is 0. The van der Waals surface area contributed by atoms with Gasteiger partial charge in [-0.1, -0.05) is 13.8 Å². The molecule has 0 saturated carbocycles. The lowest BCUT2D eigenvalue weighted by molar-refractivity contribution is -0.145. The molecule has 12 nitrogen and oxygen atoms in total. The summed E-state index contributed by atoms with van der Waals surface area (Å²) < 4.78 is 0. The zero-order valence-electron chi connectivity index (χ0n) is 18.4. The average molecular weight is 453 g/mol. The van der Waals surface area contributed by atoms with Crippen LogP contribution >= 0.6 is 0 Å². The lowest BCUT2D eigenvalue weighted by Gasteiger charge is -2.29. The van der Waals surface area contributed by atoms with E-state index in [2.05, 4.69) is 20.6 Å². The van der Waals surface area contributed by atoms with Gasteiger partial charge in [-0.25, -0.2) is 9.78 Å². The van der Waals surface area contributed by atoms with Crippen molar-refractivity contribution >= 4 is 23.7 Å². The molecule has 0 bridgehead atoms. The highest BCUT2D eigenvalue weighted by molar-refractivity contribution is 5.94. The molecule has 2 rings (SSSR count). The second kappa shape index (κ2) is 11.0. The number of aliphatic hydroxyl groups excluding tert-OH is 1. The molecule has 2 heterocycles. The van der Waals surface area contributed by atoms with E-state index in [1.165, 1.54) is 24.3 Å². The summed E-state index contributed by atoms with van der Waals surface area (Å²) in [5.41, 5.74) is 6.51. The molecule has 0 aliphatic carbocycles. The van der Waals surface area contributed by atoms with Crippen LogP contribution in [0.4, 0.5) is 0 Å². The standard InChI is InChI=1S/C20H32N6O6/c1-10(2)15(21)19(30)26-6-4-5-14(26)18(29)24-13(7-12-8-22-9-23-12)17(28)25-16(11(3)27)20(31)32/h8-11,13-16,27H,4-7,21H2,1-3H3,(H,22,23)(H,24,29)(H,25,28)(H,31,32). The van der Waals surface area contributed by atoms with Crippen LogP contribution in [0.1, 0.15) is 39.3 Å². The molecule has 1 saturated heterocycles.